The number of amides is 1. The normalized spacial score (nSPS) is 30.0. The van der Waals surface area contributed by atoms with Crippen molar-refractivity contribution in [2.45, 2.75) is 45.6 Å². The fourth-order valence-corrected chi connectivity index (χ4v) is 3.25. The number of carbonyl (C=O) groups is 2. The summed E-state index contributed by atoms with van der Waals surface area (Å²) in [6.07, 6.45) is 4.36. The van der Waals surface area contributed by atoms with E-state index in [0.717, 1.165) is 31.6 Å². The van der Waals surface area contributed by atoms with Gasteiger partial charge in [0.1, 0.15) is 6.04 Å². The molecule has 1 saturated carbocycles. The number of hydrogen-bond donors (Lipinski definition) is 1. The van der Waals surface area contributed by atoms with Crippen LogP contribution in [0.15, 0.2) is 0 Å². The van der Waals surface area contributed by atoms with Crippen molar-refractivity contribution in [2.24, 2.45) is 11.8 Å². The highest BCUT2D eigenvalue weighted by Gasteiger charge is 2.31. The van der Waals surface area contributed by atoms with Crippen LogP contribution in [0, 0.1) is 11.8 Å². The Bertz CT molecular complexity index is 356. The summed E-state index contributed by atoms with van der Waals surface area (Å²) < 4.78 is 0. The second-order valence-electron chi connectivity index (χ2n) is 6.33. The minimum Gasteiger partial charge on any atom is -0.480 e. The van der Waals surface area contributed by atoms with Gasteiger partial charge in [-0.1, -0.05) is 6.92 Å². The molecular formula is C15H26N2O3. The summed E-state index contributed by atoms with van der Waals surface area (Å²) in [6.45, 7) is 6.64. The molecule has 1 heterocycles. The minimum atomic E-state index is -0.786. The van der Waals surface area contributed by atoms with Gasteiger partial charge in [-0.3, -0.25) is 14.5 Å². The van der Waals surface area contributed by atoms with Crippen LogP contribution in [-0.2, 0) is 9.59 Å². The number of rotatable bonds is 3. The van der Waals surface area contributed by atoms with Crippen molar-refractivity contribution >= 4 is 11.9 Å². The molecule has 1 amide bonds. The Morgan fingerprint density at radius 1 is 1.05 bits per heavy atom. The minimum absolute atomic E-state index is 0.203. The van der Waals surface area contributed by atoms with Crippen molar-refractivity contribution < 1.29 is 14.7 Å². The van der Waals surface area contributed by atoms with E-state index in [1.165, 1.54) is 0 Å². The molecule has 1 aliphatic carbocycles. The Morgan fingerprint density at radius 3 is 2.10 bits per heavy atom. The summed E-state index contributed by atoms with van der Waals surface area (Å²) in [5.41, 5.74) is 0. The van der Waals surface area contributed by atoms with Gasteiger partial charge < -0.3 is 10.0 Å². The third-order valence-electron chi connectivity index (χ3n) is 4.90. The molecule has 0 aromatic heterocycles. The van der Waals surface area contributed by atoms with E-state index in [4.69, 9.17) is 5.11 Å². The van der Waals surface area contributed by atoms with Gasteiger partial charge in [0.2, 0.25) is 5.91 Å². The first-order chi connectivity index (χ1) is 9.49. The van der Waals surface area contributed by atoms with Crippen LogP contribution in [0.4, 0.5) is 0 Å². The van der Waals surface area contributed by atoms with E-state index in [1.807, 2.05) is 9.80 Å². The van der Waals surface area contributed by atoms with Crippen LogP contribution in [0.1, 0.15) is 39.5 Å². The van der Waals surface area contributed by atoms with Crippen LogP contribution in [0.2, 0.25) is 0 Å². The Labute approximate surface area is 120 Å². The standard InChI is InChI=1S/C15H26N2O3/c1-11-3-5-13(6-4-11)14(18)17-9-7-16(8-10-17)12(2)15(19)20/h11-13H,3-10H2,1-2H3,(H,19,20). The summed E-state index contributed by atoms with van der Waals surface area (Å²) in [7, 11) is 0. The van der Waals surface area contributed by atoms with Gasteiger partial charge in [0.05, 0.1) is 0 Å². The van der Waals surface area contributed by atoms with Crippen molar-refractivity contribution in [1.29, 1.82) is 0 Å². The summed E-state index contributed by atoms with van der Waals surface area (Å²) in [5, 5.41) is 9.02. The number of nitrogens with zero attached hydrogens (tertiary/aromatic N) is 2. The predicted molar refractivity (Wildman–Crippen MR) is 76.4 cm³/mol. The van der Waals surface area contributed by atoms with Crippen molar-refractivity contribution in [1.82, 2.24) is 9.80 Å². The molecule has 0 radical (unpaired) electrons. The lowest BCUT2D eigenvalue weighted by Gasteiger charge is -2.38. The molecule has 1 atom stereocenters. The van der Waals surface area contributed by atoms with Gasteiger partial charge in [0.15, 0.2) is 0 Å². The monoisotopic (exact) mass is 282 g/mol. The molecule has 20 heavy (non-hydrogen) atoms. The number of aliphatic carboxylic acids is 1. The van der Waals surface area contributed by atoms with Crippen molar-refractivity contribution in [3.05, 3.63) is 0 Å². The molecule has 0 aromatic carbocycles. The molecule has 1 unspecified atom stereocenters. The van der Waals surface area contributed by atoms with Crippen LogP contribution in [-0.4, -0.2) is 59.0 Å². The highest BCUT2D eigenvalue weighted by atomic mass is 16.4. The van der Waals surface area contributed by atoms with E-state index in [1.54, 1.807) is 6.92 Å². The van der Waals surface area contributed by atoms with Gasteiger partial charge in [0, 0.05) is 32.1 Å². The van der Waals surface area contributed by atoms with E-state index in [-0.39, 0.29) is 5.92 Å². The molecular weight excluding hydrogens is 256 g/mol. The predicted octanol–water partition coefficient (Wildman–Crippen LogP) is 1.43. The second-order valence-corrected chi connectivity index (χ2v) is 6.33. The van der Waals surface area contributed by atoms with Crippen molar-refractivity contribution in [2.75, 3.05) is 26.2 Å². The topological polar surface area (TPSA) is 60.9 Å². The lowest BCUT2D eigenvalue weighted by atomic mass is 9.82. The van der Waals surface area contributed by atoms with Gasteiger partial charge in [-0.15, -0.1) is 0 Å². The summed E-state index contributed by atoms with van der Waals surface area (Å²) in [4.78, 5) is 27.3. The molecule has 1 N–H and O–H groups in total. The highest BCUT2D eigenvalue weighted by Crippen LogP contribution is 2.29. The number of carboxylic acid groups (broad SMARTS) is 1. The highest BCUT2D eigenvalue weighted by molar-refractivity contribution is 5.79. The fourth-order valence-electron chi connectivity index (χ4n) is 3.25. The molecule has 0 aromatic rings. The van der Waals surface area contributed by atoms with Gasteiger partial charge in [0.25, 0.3) is 0 Å². The van der Waals surface area contributed by atoms with Crippen LogP contribution >= 0.6 is 0 Å². The van der Waals surface area contributed by atoms with Crippen LogP contribution in [0.25, 0.3) is 0 Å². The average molecular weight is 282 g/mol. The first-order valence-electron chi connectivity index (χ1n) is 7.74. The SMILES string of the molecule is CC1CCC(C(=O)N2CCN(C(C)C(=O)O)CC2)CC1. The number of carbonyl (C=O) groups excluding carboxylic acids is 1. The summed E-state index contributed by atoms with van der Waals surface area (Å²) >= 11 is 0. The largest absolute Gasteiger partial charge is 0.480 e. The molecule has 2 aliphatic rings. The van der Waals surface area contributed by atoms with Gasteiger partial charge in [-0.05, 0) is 38.5 Å². The summed E-state index contributed by atoms with van der Waals surface area (Å²) in [5.74, 6) is 0.465. The maximum absolute atomic E-state index is 12.5. The third-order valence-corrected chi connectivity index (χ3v) is 4.90. The summed E-state index contributed by atoms with van der Waals surface area (Å²) in [6, 6.07) is -0.456. The molecule has 0 spiro atoms. The molecule has 5 heteroatoms. The lowest BCUT2D eigenvalue weighted by molar-refractivity contribution is -0.144. The quantitative estimate of drug-likeness (QED) is 0.850. The first kappa shape index (κ1) is 15.3. The van der Waals surface area contributed by atoms with E-state index >= 15 is 0 Å². The lowest BCUT2D eigenvalue weighted by Crippen LogP contribution is -2.54. The Kier molecular flexibility index (Phi) is 5.02. The van der Waals surface area contributed by atoms with Crippen LogP contribution < -0.4 is 0 Å². The van der Waals surface area contributed by atoms with Crippen LogP contribution in [0.5, 0.6) is 0 Å². The van der Waals surface area contributed by atoms with Crippen molar-refractivity contribution in [3.8, 4) is 0 Å². The molecule has 2 fully saturated rings. The van der Waals surface area contributed by atoms with E-state index in [2.05, 4.69) is 6.92 Å². The maximum Gasteiger partial charge on any atom is 0.320 e. The Morgan fingerprint density at radius 2 is 1.60 bits per heavy atom. The first-order valence-corrected chi connectivity index (χ1v) is 7.74. The number of carboxylic acids is 1. The zero-order valence-corrected chi connectivity index (χ0v) is 12.5. The van der Waals surface area contributed by atoms with Gasteiger partial charge >= 0.3 is 5.97 Å². The Hall–Kier alpha value is -1.10. The van der Waals surface area contributed by atoms with E-state index in [0.29, 0.717) is 32.1 Å². The van der Waals surface area contributed by atoms with E-state index in [9.17, 15) is 9.59 Å². The molecule has 1 saturated heterocycles. The molecule has 5 nitrogen and oxygen atoms in total. The second kappa shape index (κ2) is 6.57. The van der Waals surface area contributed by atoms with Gasteiger partial charge in [-0.2, -0.15) is 0 Å². The Balaban J connectivity index is 1.81. The third kappa shape index (κ3) is 3.51. The van der Waals surface area contributed by atoms with E-state index < -0.39 is 12.0 Å². The molecule has 1 aliphatic heterocycles. The van der Waals surface area contributed by atoms with Crippen molar-refractivity contribution in [3.63, 3.8) is 0 Å². The number of hydrogen-bond acceptors (Lipinski definition) is 3. The maximum atomic E-state index is 12.5. The molecule has 2 rings (SSSR count). The number of piperazine rings is 1. The average Bonchev–Trinajstić information content (AvgIpc) is 2.46. The zero-order chi connectivity index (χ0) is 14.7. The smallest absolute Gasteiger partial charge is 0.320 e. The molecule has 114 valence electrons. The molecule has 0 bridgehead atoms. The fraction of sp³-hybridized carbons (Fsp3) is 0.867. The van der Waals surface area contributed by atoms with Crippen LogP contribution in [0.3, 0.4) is 0 Å². The van der Waals surface area contributed by atoms with Gasteiger partial charge in [-0.25, -0.2) is 0 Å². The zero-order valence-electron chi connectivity index (χ0n) is 12.5.